The number of hydrogen-bond donors (Lipinski definition) is 1. The number of nitrogens with zero attached hydrogens (tertiary/aromatic N) is 1. The van der Waals surface area contributed by atoms with Gasteiger partial charge in [-0.3, -0.25) is 0 Å². The van der Waals surface area contributed by atoms with Gasteiger partial charge in [0.05, 0.1) is 6.61 Å². The maximum Gasteiger partial charge on any atom is 0.174 e. The van der Waals surface area contributed by atoms with Crippen LogP contribution in [0.2, 0.25) is 0 Å². The highest BCUT2D eigenvalue weighted by molar-refractivity contribution is 5.52. The molecule has 0 spiro atoms. The first-order valence-corrected chi connectivity index (χ1v) is 6.93. The number of rotatable bonds is 5. The molecule has 0 aromatic heterocycles. The Bertz CT molecular complexity index is 677. The summed E-state index contributed by atoms with van der Waals surface area (Å²) in [5.74, 6) is 1.71. The molecule has 3 rings (SSSR count). The summed E-state index contributed by atoms with van der Waals surface area (Å²) in [6, 6.07) is 15.9. The number of benzene rings is 2. The number of nitriles is 1. The lowest BCUT2D eigenvalue weighted by Gasteiger charge is -2.09. The minimum Gasteiger partial charge on any atom is -0.493 e. The van der Waals surface area contributed by atoms with E-state index in [1.54, 1.807) is 0 Å². The average molecular weight is 280 g/mol. The van der Waals surface area contributed by atoms with E-state index in [-0.39, 0.29) is 6.61 Å². The Hall–Kier alpha value is -2.67. The van der Waals surface area contributed by atoms with Crippen molar-refractivity contribution in [1.82, 2.24) is 0 Å². The van der Waals surface area contributed by atoms with Crippen molar-refractivity contribution in [3.05, 3.63) is 53.6 Å². The minimum absolute atomic E-state index is 0.0711. The Kier molecular flexibility index (Phi) is 3.92. The van der Waals surface area contributed by atoms with E-state index in [0.717, 1.165) is 35.8 Å². The first kappa shape index (κ1) is 13.3. The Morgan fingerprint density at radius 3 is 3.10 bits per heavy atom. The normalized spacial score (nSPS) is 12.1. The molecule has 1 heterocycles. The fourth-order valence-corrected chi connectivity index (χ4v) is 2.36. The number of hydrogen-bond acceptors (Lipinski definition) is 4. The molecule has 1 N–H and O–H groups in total. The van der Waals surface area contributed by atoms with Crippen LogP contribution in [0, 0.1) is 11.3 Å². The molecule has 106 valence electrons. The predicted octanol–water partition coefficient (Wildman–Crippen LogP) is 3.14. The van der Waals surface area contributed by atoms with Crippen LogP contribution in [0.4, 0.5) is 5.69 Å². The van der Waals surface area contributed by atoms with Crippen LogP contribution >= 0.6 is 0 Å². The van der Waals surface area contributed by atoms with E-state index in [4.69, 9.17) is 14.7 Å². The quantitative estimate of drug-likeness (QED) is 0.914. The van der Waals surface area contributed by atoms with Crippen molar-refractivity contribution < 1.29 is 9.47 Å². The molecule has 2 aromatic rings. The fraction of sp³-hybridized carbons (Fsp3) is 0.235. The zero-order chi connectivity index (χ0) is 14.5. The molecule has 4 heteroatoms. The van der Waals surface area contributed by atoms with Gasteiger partial charge in [-0.2, -0.15) is 5.26 Å². The molecule has 0 atom stereocenters. The van der Waals surface area contributed by atoms with Crippen LogP contribution in [0.25, 0.3) is 0 Å². The van der Waals surface area contributed by atoms with Crippen molar-refractivity contribution in [3.8, 4) is 17.6 Å². The summed E-state index contributed by atoms with van der Waals surface area (Å²) in [6.45, 7) is 1.56. The van der Waals surface area contributed by atoms with E-state index in [1.165, 1.54) is 5.56 Å². The Morgan fingerprint density at radius 2 is 2.19 bits per heavy atom. The molecule has 0 aliphatic carbocycles. The summed E-state index contributed by atoms with van der Waals surface area (Å²) in [5, 5.41) is 11.9. The van der Waals surface area contributed by atoms with Crippen LogP contribution in [0.15, 0.2) is 42.5 Å². The summed E-state index contributed by atoms with van der Waals surface area (Å²) < 4.78 is 10.8. The highest BCUT2D eigenvalue weighted by Crippen LogP contribution is 2.28. The first-order chi connectivity index (χ1) is 10.3. The lowest BCUT2D eigenvalue weighted by Crippen LogP contribution is -2.00. The van der Waals surface area contributed by atoms with Gasteiger partial charge in [0.15, 0.2) is 6.61 Å². The average Bonchev–Trinajstić information content (AvgIpc) is 2.99. The van der Waals surface area contributed by atoms with Crippen molar-refractivity contribution >= 4 is 5.69 Å². The van der Waals surface area contributed by atoms with Gasteiger partial charge in [0.1, 0.15) is 17.6 Å². The van der Waals surface area contributed by atoms with Gasteiger partial charge in [-0.05, 0) is 41.5 Å². The highest BCUT2D eigenvalue weighted by Gasteiger charge is 2.11. The van der Waals surface area contributed by atoms with Crippen molar-refractivity contribution in [3.63, 3.8) is 0 Å². The second-order valence-electron chi connectivity index (χ2n) is 4.87. The first-order valence-electron chi connectivity index (χ1n) is 6.93. The number of nitrogens with one attached hydrogen (secondary N) is 1. The Labute approximate surface area is 123 Å². The molecule has 0 radical (unpaired) electrons. The molecule has 0 bridgehead atoms. The molecule has 21 heavy (non-hydrogen) atoms. The van der Waals surface area contributed by atoms with E-state index in [9.17, 15) is 0 Å². The largest absolute Gasteiger partial charge is 0.493 e. The number of fused-ring (bicyclic) bond motifs is 1. The van der Waals surface area contributed by atoms with Crippen LogP contribution in [0.3, 0.4) is 0 Å². The second-order valence-corrected chi connectivity index (χ2v) is 4.87. The third-order valence-corrected chi connectivity index (χ3v) is 3.39. The summed E-state index contributed by atoms with van der Waals surface area (Å²) in [7, 11) is 0. The van der Waals surface area contributed by atoms with Gasteiger partial charge in [0.2, 0.25) is 0 Å². The summed E-state index contributed by atoms with van der Waals surface area (Å²) in [6.07, 6.45) is 0.975. The van der Waals surface area contributed by atoms with Gasteiger partial charge in [-0.15, -0.1) is 0 Å². The van der Waals surface area contributed by atoms with Crippen molar-refractivity contribution in [2.45, 2.75) is 13.0 Å². The lowest BCUT2D eigenvalue weighted by molar-refractivity contribution is 0.357. The van der Waals surface area contributed by atoms with Crippen LogP contribution < -0.4 is 14.8 Å². The minimum atomic E-state index is 0.0711. The summed E-state index contributed by atoms with van der Waals surface area (Å²) >= 11 is 0. The highest BCUT2D eigenvalue weighted by atomic mass is 16.5. The third kappa shape index (κ3) is 3.26. The molecule has 4 nitrogen and oxygen atoms in total. The molecule has 0 saturated heterocycles. The smallest absolute Gasteiger partial charge is 0.174 e. The SMILES string of the molecule is N#CCOc1cccc(CNc2ccc3c(c2)CCO3)c1. The zero-order valence-electron chi connectivity index (χ0n) is 11.6. The predicted molar refractivity (Wildman–Crippen MR) is 80.5 cm³/mol. The van der Waals surface area contributed by atoms with E-state index >= 15 is 0 Å². The van der Waals surface area contributed by atoms with E-state index < -0.39 is 0 Å². The Balaban J connectivity index is 1.63. The van der Waals surface area contributed by atoms with Crippen LogP contribution in [-0.2, 0) is 13.0 Å². The number of anilines is 1. The van der Waals surface area contributed by atoms with Gasteiger partial charge in [-0.1, -0.05) is 12.1 Å². The molecule has 0 fully saturated rings. The molecule has 0 saturated carbocycles. The van der Waals surface area contributed by atoms with Crippen LogP contribution in [0.1, 0.15) is 11.1 Å². The maximum absolute atomic E-state index is 8.53. The molecular weight excluding hydrogens is 264 g/mol. The summed E-state index contributed by atoms with van der Waals surface area (Å²) in [4.78, 5) is 0. The van der Waals surface area contributed by atoms with E-state index in [2.05, 4.69) is 11.4 Å². The van der Waals surface area contributed by atoms with Crippen LogP contribution in [0.5, 0.6) is 11.5 Å². The molecule has 2 aromatic carbocycles. The van der Waals surface area contributed by atoms with E-state index in [0.29, 0.717) is 6.54 Å². The molecule has 0 amide bonds. The second kappa shape index (κ2) is 6.19. The lowest BCUT2D eigenvalue weighted by atomic mass is 10.1. The third-order valence-electron chi connectivity index (χ3n) is 3.39. The monoisotopic (exact) mass is 280 g/mol. The number of ether oxygens (including phenoxy) is 2. The molecular formula is C17H16N2O2. The van der Waals surface area contributed by atoms with Gasteiger partial charge < -0.3 is 14.8 Å². The van der Waals surface area contributed by atoms with Gasteiger partial charge in [0, 0.05) is 18.7 Å². The van der Waals surface area contributed by atoms with E-state index in [1.807, 2.05) is 42.5 Å². The van der Waals surface area contributed by atoms with Crippen LogP contribution in [-0.4, -0.2) is 13.2 Å². The standard InChI is InChI=1S/C17H16N2O2/c18-7-9-20-16-3-1-2-13(10-16)12-19-15-4-5-17-14(11-15)6-8-21-17/h1-5,10-11,19H,6,8-9,12H2. The van der Waals surface area contributed by atoms with Gasteiger partial charge >= 0.3 is 0 Å². The van der Waals surface area contributed by atoms with Gasteiger partial charge in [0.25, 0.3) is 0 Å². The zero-order valence-corrected chi connectivity index (χ0v) is 11.6. The topological polar surface area (TPSA) is 54.3 Å². The maximum atomic E-state index is 8.53. The summed E-state index contributed by atoms with van der Waals surface area (Å²) in [5.41, 5.74) is 3.45. The van der Waals surface area contributed by atoms with Crippen molar-refractivity contribution in [2.75, 3.05) is 18.5 Å². The van der Waals surface area contributed by atoms with Crippen molar-refractivity contribution in [1.29, 1.82) is 5.26 Å². The molecule has 1 aliphatic heterocycles. The van der Waals surface area contributed by atoms with Gasteiger partial charge in [-0.25, -0.2) is 0 Å². The molecule has 0 unspecified atom stereocenters. The molecule has 1 aliphatic rings. The Morgan fingerprint density at radius 1 is 1.24 bits per heavy atom. The van der Waals surface area contributed by atoms with Crippen molar-refractivity contribution in [2.24, 2.45) is 0 Å². The fourth-order valence-electron chi connectivity index (χ4n) is 2.36.